The van der Waals surface area contributed by atoms with Crippen molar-refractivity contribution >= 4 is 11.7 Å². The van der Waals surface area contributed by atoms with Gasteiger partial charge in [-0.15, -0.1) is 0 Å². The molecule has 0 spiro atoms. The van der Waals surface area contributed by atoms with Gasteiger partial charge in [0.2, 0.25) is 0 Å². The fourth-order valence-corrected chi connectivity index (χ4v) is 2.08. The summed E-state index contributed by atoms with van der Waals surface area (Å²) in [5.41, 5.74) is 0.412. The molecule has 1 N–H and O–H groups in total. The van der Waals surface area contributed by atoms with Gasteiger partial charge in [0.1, 0.15) is 11.5 Å². The number of para-hydroxylation sites is 1. The van der Waals surface area contributed by atoms with Crippen LogP contribution in [0.25, 0.3) is 11.3 Å². The highest BCUT2D eigenvalue weighted by Crippen LogP contribution is 2.30. The van der Waals surface area contributed by atoms with Crippen molar-refractivity contribution in [3.05, 3.63) is 52.3 Å². The van der Waals surface area contributed by atoms with Crippen molar-refractivity contribution in [3.63, 3.8) is 0 Å². The number of nitrogens with zero attached hydrogens (tertiary/aromatic N) is 2. The van der Waals surface area contributed by atoms with E-state index in [4.69, 9.17) is 9.52 Å². The number of nitro groups is 1. The Morgan fingerprint density at radius 2 is 2.05 bits per heavy atom. The number of hydrogen-bond donors (Lipinski definition) is 1. The van der Waals surface area contributed by atoms with Crippen LogP contribution in [0.1, 0.15) is 12.2 Å². The summed E-state index contributed by atoms with van der Waals surface area (Å²) in [6, 6.07) is 9.80. The SMILES string of the molecule is CN(CCC(=O)O)Cc1ccc(-c2ccccc2[N+](=O)[O-])o1. The van der Waals surface area contributed by atoms with Crippen LogP contribution in [-0.4, -0.2) is 34.5 Å². The number of nitro benzene ring substituents is 1. The number of benzene rings is 1. The molecule has 7 nitrogen and oxygen atoms in total. The first kappa shape index (κ1) is 15.7. The molecular weight excluding hydrogens is 288 g/mol. The van der Waals surface area contributed by atoms with Gasteiger partial charge in [-0.05, 0) is 25.2 Å². The second kappa shape index (κ2) is 6.86. The number of rotatable bonds is 7. The molecule has 2 aromatic rings. The molecule has 0 aliphatic rings. The molecule has 1 heterocycles. The summed E-state index contributed by atoms with van der Waals surface area (Å²) in [4.78, 5) is 22.9. The maximum absolute atomic E-state index is 11.0. The van der Waals surface area contributed by atoms with E-state index in [0.717, 1.165) is 0 Å². The van der Waals surface area contributed by atoms with Gasteiger partial charge in [0.05, 0.1) is 23.5 Å². The van der Waals surface area contributed by atoms with E-state index in [9.17, 15) is 14.9 Å². The molecule has 0 radical (unpaired) electrons. The molecule has 0 saturated heterocycles. The predicted molar refractivity (Wildman–Crippen MR) is 79.4 cm³/mol. The van der Waals surface area contributed by atoms with Crippen LogP contribution in [0.5, 0.6) is 0 Å². The maximum Gasteiger partial charge on any atom is 0.304 e. The smallest absolute Gasteiger partial charge is 0.304 e. The van der Waals surface area contributed by atoms with Crippen molar-refractivity contribution in [2.24, 2.45) is 0 Å². The number of aliphatic carboxylic acids is 1. The lowest BCUT2D eigenvalue weighted by Crippen LogP contribution is -2.20. The number of furan rings is 1. The normalized spacial score (nSPS) is 10.8. The largest absolute Gasteiger partial charge is 0.481 e. The molecule has 116 valence electrons. The summed E-state index contributed by atoms with van der Waals surface area (Å²) >= 11 is 0. The second-order valence-electron chi connectivity index (χ2n) is 4.92. The Labute approximate surface area is 126 Å². The van der Waals surface area contributed by atoms with E-state index in [0.29, 0.717) is 30.2 Å². The van der Waals surface area contributed by atoms with Crippen LogP contribution in [0.2, 0.25) is 0 Å². The third kappa shape index (κ3) is 3.92. The summed E-state index contributed by atoms with van der Waals surface area (Å²) in [5.74, 6) is 0.196. The fraction of sp³-hybridized carbons (Fsp3) is 0.267. The van der Waals surface area contributed by atoms with E-state index in [1.54, 1.807) is 37.4 Å². The highest BCUT2D eigenvalue weighted by atomic mass is 16.6. The van der Waals surface area contributed by atoms with Crippen molar-refractivity contribution < 1.29 is 19.2 Å². The van der Waals surface area contributed by atoms with Gasteiger partial charge in [0, 0.05) is 12.6 Å². The molecule has 0 bridgehead atoms. The minimum atomic E-state index is -0.855. The molecule has 2 rings (SSSR count). The Morgan fingerprint density at radius 1 is 1.32 bits per heavy atom. The average Bonchev–Trinajstić information content (AvgIpc) is 2.93. The minimum Gasteiger partial charge on any atom is -0.481 e. The molecule has 7 heteroatoms. The summed E-state index contributed by atoms with van der Waals surface area (Å²) in [6.07, 6.45) is 0.0498. The second-order valence-corrected chi connectivity index (χ2v) is 4.92. The van der Waals surface area contributed by atoms with Gasteiger partial charge >= 0.3 is 5.97 Å². The van der Waals surface area contributed by atoms with Crippen LogP contribution in [0.15, 0.2) is 40.8 Å². The summed E-state index contributed by atoms with van der Waals surface area (Å²) < 4.78 is 5.64. The summed E-state index contributed by atoms with van der Waals surface area (Å²) in [6.45, 7) is 0.838. The van der Waals surface area contributed by atoms with Crippen molar-refractivity contribution in [1.82, 2.24) is 4.90 Å². The first-order valence-electron chi connectivity index (χ1n) is 6.70. The zero-order chi connectivity index (χ0) is 16.1. The van der Waals surface area contributed by atoms with Gasteiger partial charge in [-0.1, -0.05) is 12.1 Å². The Morgan fingerprint density at radius 3 is 2.73 bits per heavy atom. The van der Waals surface area contributed by atoms with Crippen molar-refractivity contribution in [1.29, 1.82) is 0 Å². The lowest BCUT2D eigenvalue weighted by molar-refractivity contribution is -0.384. The Kier molecular flexibility index (Phi) is 4.90. The molecule has 0 fully saturated rings. The van der Waals surface area contributed by atoms with Crippen LogP contribution in [-0.2, 0) is 11.3 Å². The van der Waals surface area contributed by atoms with E-state index < -0.39 is 10.9 Å². The quantitative estimate of drug-likeness (QED) is 0.624. The van der Waals surface area contributed by atoms with Gasteiger partial charge < -0.3 is 9.52 Å². The van der Waals surface area contributed by atoms with E-state index in [-0.39, 0.29) is 12.1 Å². The van der Waals surface area contributed by atoms with Gasteiger partial charge in [0.25, 0.3) is 5.69 Å². The Bertz CT molecular complexity index is 680. The Hall–Kier alpha value is -2.67. The van der Waals surface area contributed by atoms with Crippen LogP contribution in [0.3, 0.4) is 0 Å². The first-order chi connectivity index (χ1) is 10.5. The number of carboxylic acid groups (broad SMARTS) is 1. The van der Waals surface area contributed by atoms with Crippen molar-refractivity contribution in [3.8, 4) is 11.3 Å². The molecule has 0 aliphatic carbocycles. The van der Waals surface area contributed by atoms with Crippen LogP contribution >= 0.6 is 0 Å². The third-order valence-corrected chi connectivity index (χ3v) is 3.16. The summed E-state index contributed by atoms with van der Waals surface area (Å²) in [7, 11) is 1.79. The van der Waals surface area contributed by atoms with E-state index in [1.165, 1.54) is 6.07 Å². The first-order valence-corrected chi connectivity index (χ1v) is 6.70. The molecule has 0 atom stereocenters. The van der Waals surface area contributed by atoms with Gasteiger partial charge in [-0.3, -0.25) is 19.8 Å². The molecule has 0 aliphatic heterocycles. The van der Waals surface area contributed by atoms with Gasteiger partial charge in [0.15, 0.2) is 0 Å². The standard InChI is InChI=1S/C15H16N2O5/c1-16(9-8-15(18)19)10-11-6-7-14(22-11)12-4-2-3-5-13(12)17(20)21/h2-7H,8-10H2,1H3,(H,18,19). The molecule has 22 heavy (non-hydrogen) atoms. The number of hydrogen-bond acceptors (Lipinski definition) is 5. The Balaban J connectivity index is 2.12. The lowest BCUT2D eigenvalue weighted by atomic mass is 10.1. The van der Waals surface area contributed by atoms with E-state index >= 15 is 0 Å². The van der Waals surface area contributed by atoms with E-state index in [2.05, 4.69) is 0 Å². The zero-order valence-corrected chi connectivity index (χ0v) is 12.1. The van der Waals surface area contributed by atoms with Crippen LogP contribution in [0, 0.1) is 10.1 Å². The van der Waals surface area contributed by atoms with E-state index in [1.807, 2.05) is 4.90 Å². The van der Waals surface area contributed by atoms with Gasteiger partial charge in [-0.25, -0.2) is 0 Å². The topological polar surface area (TPSA) is 96.8 Å². The molecule has 1 aromatic heterocycles. The summed E-state index contributed by atoms with van der Waals surface area (Å²) in [5, 5.41) is 19.7. The predicted octanol–water partition coefficient (Wildman–Crippen LogP) is 2.76. The van der Waals surface area contributed by atoms with Crippen LogP contribution in [0.4, 0.5) is 5.69 Å². The molecule has 1 aromatic carbocycles. The maximum atomic E-state index is 11.0. The molecule has 0 amide bonds. The fourth-order valence-electron chi connectivity index (χ4n) is 2.08. The number of carboxylic acids is 1. The third-order valence-electron chi connectivity index (χ3n) is 3.16. The number of carbonyl (C=O) groups is 1. The zero-order valence-electron chi connectivity index (χ0n) is 12.1. The minimum absolute atomic E-state index is 0.0115. The van der Waals surface area contributed by atoms with Crippen LogP contribution < -0.4 is 0 Å². The highest BCUT2D eigenvalue weighted by molar-refractivity contribution is 5.69. The highest BCUT2D eigenvalue weighted by Gasteiger charge is 2.17. The van der Waals surface area contributed by atoms with Gasteiger partial charge in [-0.2, -0.15) is 0 Å². The van der Waals surface area contributed by atoms with Crippen molar-refractivity contribution in [2.75, 3.05) is 13.6 Å². The molecule has 0 saturated carbocycles. The lowest BCUT2D eigenvalue weighted by Gasteiger charge is -2.13. The average molecular weight is 304 g/mol. The monoisotopic (exact) mass is 304 g/mol. The van der Waals surface area contributed by atoms with Crippen molar-refractivity contribution in [2.45, 2.75) is 13.0 Å². The molecular formula is C15H16N2O5. The molecule has 0 unspecified atom stereocenters.